The second-order valence-electron chi connectivity index (χ2n) is 19.8. The fourth-order valence-corrected chi connectivity index (χ4v) is 8.78. The van der Waals surface area contributed by atoms with Crippen LogP contribution in [0.25, 0.3) is 33.9 Å². The van der Waals surface area contributed by atoms with Crippen molar-refractivity contribution >= 4 is 52.3 Å². The van der Waals surface area contributed by atoms with Gasteiger partial charge in [-0.1, -0.05) is 24.3 Å². The lowest BCUT2D eigenvalue weighted by atomic mass is 10.1. The van der Waals surface area contributed by atoms with E-state index >= 15 is 0 Å². The number of benzene rings is 4. The standard InChI is InChI=1S/C31H37N7O4.C26H29N7O2/c1-22-20-24(33-29(39)12-15-36-16-18-41-19-17-36)8-11-27(22)38(30(40)42-31(2,3)4)28-21-26(34-35-28)23-6-9-25(10-7-23)37-14-5-13-32-37;1-19-17-21(28-26(34)9-12-32-13-15-35-16-14-32)5-8-23(19)29-25-18-24(30-31-25)20-3-6-22(7-4-20)33-11-2-10-27-33/h5-11,13-14,20-21H,12,15-19H2,1-4H3,(H,33,39)(H,34,35);2-8,10-11,17-18H,9,12-16H2,1H3,(H,28,34)(H2,29,30,31). The van der Waals surface area contributed by atoms with E-state index in [2.05, 4.69) is 56.3 Å². The molecule has 4 aromatic heterocycles. The van der Waals surface area contributed by atoms with Crippen LogP contribution in [0.4, 0.5) is 39.2 Å². The number of nitrogens with zero attached hydrogens (tertiary/aromatic N) is 9. The number of ether oxygens (including phenoxy) is 3. The zero-order valence-corrected chi connectivity index (χ0v) is 44.2. The van der Waals surface area contributed by atoms with Crippen molar-refractivity contribution in [3.8, 4) is 33.9 Å². The van der Waals surface area contributed by atoms with Crippen molar-refractivity contribution in [3.05, 3.63) is 145 Å². The molecule has 20 heteroatoms. The zero-order chi connectivity index (χ0) is 53.7. The molecule has 400 valence electrons. The van der Waals surface area contributed by atoms with E-state index in [0.29, 0.717) is 49.8 Å². The molecule has 0 aliphatic carbocycles. The highest BCUT2D eigenvalue weighted by Crippen LogP contribution is 2.34. The summed E-state index contributed by atoms with van der Waals surface area (Å²) in [7, 11) is 0. The molecule has 4 aromatic carbocycles. The smallest absolute Gasteiger partial charge is 0.420 e. The van der Waals surface area contributed by atoms with Crippen molar-refractivity contribution in [2.24, 2.45) is 0 Å². The number of nitrogens with one attached hydrogen (secondary N) is 5. The molecule has 5 N–H and O–H groups in total. The molecule has 0 saturated carbocycles. The maximum Gasteiger partial charge on any atom is 0.420 e. The highest BCUT2D eigenvalue weighted by Gasteiger charge is 2.28. The Hall–Kier alpha value is -8.43. The predicted octanol–water partition coefficient (Wildman–Crippen LogP) is 9.28. The number of aromatic nitrogens is 8. The van der Waals surface area contributed by atoms with E-state index in [9.17, 15) is 14.4 Å². The number of anilines is 6. The number of hydrogen-bond acceptors (Lipinski definition) is 13. The minimum atomic E-state index is -0.709. The molecule has 0 atom stereocenters. The quantitative estimate of drug-likeness (QED) is 0.0610. The van der Waals surface area contributed by atoms with Crippen LogP contribution in [0.1, 0.15) is 44.7 Å². The lowest BCUT2D eigenvalue weighted by molar-refractivity contribution is -0.117. The van der Waals surface area contributed by atoms with Gasteiger partial charge in [-0.2, -0.15) is 20.4 Å². The Morgan fingerprint density at radius 3 is 1.64 bits per heavy atom. The van der Waals surface area contributed by atoms with Crippen molar-refractivity contribution in [3.63, 3.8) is 0 Å². The summed E-state index contributed by atoms with van der Waals surface area (Å²) in [5.41, 5.74) is 9.60. The summed E-state index contributed by atoms with van der Waals surface area (Å²) in [5, 5.41) is 32.9. The van der Waals surface area contributed by atoms with Crippen molar-refractivity contribution in [2.75, 3.05) is 86.5 Å². The average molecular weight is 1040 g/mol. The number of morpholine rings is 2. The van der Waals surface area contributed by atoms with Crippen LogP contribution in [0.15, 0.2) is 134 Å². The normalized spacial score (nSPS) is 14.0. The lowest BCUT2D eigenvalue weighted by Gasteiger charge is -2.27. The monoisotopic (exact) mass is 1040 g/mol. The number of carbonyl (C=O) groups excluding carboxylic acids is 3. The van der Waals surface area contributed by atoms with Crippen LogP contribution >= 0.6 is 0 Å². The first-order valence-corrected chi connectivity index (χ1v) is 25.8. The van der Waals surface area contributed by atoms with E-state index in [0.717, 1.165) is 108 Å². The number of hydrogen-bond donors (Lipinski definition) is 5. The summed E-state index contributed by atoms with van der Waals surface area (Å²) in [6.07, 6.45) is 7.59. The van der Waals surface area contributed by atoms with E-state index < -0.39 is 11.7 Å². The van der Waals surface area contributed by atoms with Crippen molar-refractivity contribution in [2.45, 2.75) is 53.1 Å². The van der Waals surface area contributed by atoms with Gasteiger partial charge in [-0.05, 0) is 130 Å². The third-order valence-corrected chi connectivity index (χ3v) is 12.9. The summed E-state index contributed by atoms with van der Waals surface area (Å²) in [5.74, 6) is 1.07. The van der Waals surface area contributed by atoms with Gasteiger partial charge in [-0.15, -0.1) is 0 Å². The van der Waals surface area contributed by atoms with E-state index in [4.69, 9.17) is 14.2 Å². The predicted molar refractivity (Wildman–Crippen MR) is 297 cm³/mol. The van der Waals surface area contributed by atoms with Crippen molar-refractivity contribution in [1.82, 2.24) is 49.8 Å². The Morgan fingerprint density at radius 2 is 1.14 bits per heavy atom. The number of amides is 3. The van der Waals surface area contributed by atoms with Gasteiger partial charge in [0.05, 0.1) is 54.9 Å². The molecule has 20 nitrogen and oxygen atoms in total. The number of rotatable bonds is 16. The van der Waals surface area contributed by atoms with Gasteiger partial charge in [0, 0.05) is 106 Å². The van der Waals surface area contributed by atoms with Gasteiger partial charge in [0.15, 0.2) is 11.6 Å². The minimum Gasteiger partial charge on any atom is -0.443 e. The Balaban J connectivity index is 0.000000191. The number of aryl methyl sites for hydroxylation is 2. The fraction of sp³-hybridized carbons (Fsp3) is 0.316. The number of aromatic amines is 2. The zero-order valence-electron chi connectivity index (χ0n) is 44.2. The molecule has 3 amide bonds. The molecule has 2 saturated heterocycles. The number of H-pyrrole nitrogens is 2. The van der Waals surface area contributed by atoms with Gasteiger partial charge in [0.1, 0.15) is 5.60 Å². The molecular formula is C57H66N14O6. The largest absolute Gasteiger partial charge is 0.443 e. The first-order chi connectivity index (χ1) is 37.3. The fourth-order valence-electron chi connectivity index (χ4n) is 8.78. The summed E-state index contributed by atoms with van der Waals surface area (Å²) in [4.78, 5) is 44.4. The van der Waals surface area contributed by atoms with Crippen molar-refractivity contribution < 1.29 is 28.6 Å². The molecular weight excluding hydrogens is 977 g/mol. The summed E-state index contributed by atoms with van der Waals surface area (Å²) in [6.45, 7) is 17.1. The highest BCUT2D eigenvalue weighted by atomic mass is 16.6. The van der Waals surface area contributed by atoms with Crippen LogP contribution < -0.4 is 20.9 Å². The van der Waals surface area contributed by atoms with E-state index in [1.54, 1.807) is 29.2 Å². The Kier molecular flexibility index (Phi) is 17.3. The van der Waals surface area contributed by atoms with E-state index in [-0.39, 0.29) is 11.8 Å². The van der Waals surface area contributed by atoms with Crippen LogP contribution in [0.3, 0.4) is 0 Å². The molecule has 10 rings (SSSR count). The molecule has 0 radical (unpaired) electrons. The third kappa shape index (κ3) is 14.7. The second kappa shape index (κ2) is 24.9. The second-order valence-corrected chi connectivity index (χ2v) is 19.8. The van der Waals surface area contributed by atoms with Crippen LogP contribution in [-0.4, -0.2) is 139 Å². The number of carbonyl (C=O) groups is 3. The molecule has 6 heterocycles. The minimum absolute atomic E-state index is 0.0205. The van der Waals surface area contributed by atoms with Crippen molar-refractivity contribution in [1.29, 1.82) is 0 Å². The van der Waals surface area contributed by atoms with Gasteiger partial charge in [-0.3, -0.25) is 29.6 Å². The molecule has 0 spiro atoms. The van der Waals surface area contributed by atoms with Gasteiger partial charge in [0.2, 0.25) is 11.8 Å². The summed E-state index contributed by atoms with van der Waals surface area (Å²) in [6, 6.07) is 34.8. The van der Waals surface area contributed by atoms with E-state index in [1.807, 2.05) is 149 Å². The van der Waals surface area contributed by atoms with Crippen LogP contribution in [0.5, 0.6) is 0 Å². The maximum atomic E-state index is 13.5. The molecule has 0 unspecified atom stereocenters. The highest BCUT2D eigenvalue weighted by molar-refractivity contribution is 5.98. The maximum absolute atomic E-state index is 13.5. The molecule has 2 aliphatic heterocycles. The van der Waals surface area contributed by atoms with Gasteiger partial charge in [-0.25, -0.2) is 19.1 Å². The van der Waals surface area contributed by atoms with Crippen LogP contribution in [0.2, 0.25) is 0 Å². The lowest BCUT2D eigenvalue weighted by Crippen LogP contribution is -2.38. The van der Waals surface area contributed by atoms with Gasteiger partial charge in [0.25, 0.3) is 0 Å². The Bertz CT molecular complexity index is 3190. The Morgan fingerprint density at radius 1 is 0.636 bits per heavy atom. The molecule has 77 heavy (non-hydrogen) atoms. The van der Waals surface area contributed by atoms with Gasteiger partial charge < -0.3 is 30.2 Å². The van der Waals surface area contributed by atoms with Crippen LogP contribution in [-0.2, 0) is 23.8 Å². The topological polar surface area (TPSA) is 218 Å². The van der Waals surface area contributed by atoms with E-state index in [1.165, 1.54) is 4.90 Å². The summed E-state index contributed by atoms with van der Waals surface area (Å²) < 4.78 is 20.1. The molecule has 8 aromatic rings. The average Bonchev–Trinajstić information content (AvgIpc) is 4.31. The van der Waals surface area contributed by atoms with Gasteiger partial charge >= 0.3 is 6.09 Å². The van der Waals surface area contributed by atoms with Crippen LogP contribution in [0, 0.1) is 13.8 Å². The SMILES string of the molecule is Cc1cc(NC(=O)CCN2CCOCC2)ccc1N(C(=O)OC(C)(C)C)c1cc(-c2ccc(-n3cccn3)cc2)[nH]n1.Cc1cc(NC(=O)CCN2CCOCC2)ccc1Nc1cc(-c2ccc(-n3cccn3)cc2)[nH]n1. The molecule has 2 fully saturated rings. The summed E-state index contributed by atoms with van der Waals surface area (Å²) >= 11 is 0. The molecule has 2 aliphatic rings. The first kappa shape index (κ1) is 53.4. The first-order valence-electron chi connectivity index (χ1n) is 25.8. The third-order valence-electron chi connectivity index (χ3n) is 12.9. The molecule has 0 bridgehead atoms. The Labute approximate surface area is 447 Å².